The Bertz CT molecular complexity index is 1530. The van der Waals surface area contributed by atoms with Crippen molar-refractivity contribution in [2.45, 2.75) is 92.3 Å². The molecule has 0 bridgehead atoms. The van der Waals surface area contributed by atoms with Crippen LogP contribution in [0.4, 0.5) is 5.69 Å². The van der Waals surface area contributed by atoms with Crippen LogP contribution >= 0.6 is 35.3 Å². The predicted octanol–water partition coefficient (Wildman–Crippen LogP) is 4.19. The maximum absolute atomic E-state index is 13.2. The van der Waals surface area contributed by atoms with Gasteiger partial charge in [-0.3, -0.25) is 14.9 Å². The number of carbonyl (C=O) groups excluding carboxylic acids is 2. The van der Waals surface area contributed by atoms with Gasteiger partial charge in [-0.1, -0.05) is 55.6 Å². The van der Waals surface area contributed by atoms with Crippen molar-refractivity contribution in [1.29, 1.82) is 0 Å². The summed E-state index contributed by atoms with van der Waals surface area (Å²) in [6.45, 7) is 4.19. The van der Waals surface area contributed by atoms with Gasteiger partial charge in [-0.2, -0.15) is 11.8 Å². The van der Waals surface area contributed by atoms with Crippen molar-refractivity contribution in [3.8, 4) is 0 Å². The normalized spacial score (nSPS) is 19.0. The minimum absolute atomic E-state index is 0.0148. The van der Waals surface area contributed by atoms with Crippen LogP contribution in [0.3, 0.4) is 0 Å². The number of thioether (sulfide) groups is 1. The second kappa shape index (κ2) is 17.2. The maximum Gasteiger partial charge on any atom is 0.326 e. The molecule has 4 rings (SSSR count). The second-order valence-electron chi connectivity index (χ2n) is 11.5. The van der Waals surface area contributed by atoms with E-state index in [0.717, 1.165) is 41.0 Å². The van der Waals surface area contributed by atoms with E-state index < -0.39 is 40.1 Å². The summed E-state index contributed by atoms with van der Waals surface area (Å²) in [6, 6.07) is 8.28. The number of carbonyl (C=O) groups is 3. The van der Waals surface area contributed by atoms with E-state index >= 15 is 0 Å². The number of aliphatic carboxylic acids is 1. The third-order valence-corrected chi connectivity index (χ3v) is 11.9. The van der Waals surface area contributed by atoms with Gasteiger partial charge in [-0.15, -0.1) is 0 Å². The number of sulfonamides is 1. The number of carboxylic acid groups (broad SMARTS) is 1. The molecule has 1 unspecified atom stereocenters. The average Bonchev–Trinajstić information content (AvgIpc) is 3.56. The molecule has 5 N–H and O–H groups in total. The number of rotatable bonds is 16. The predicted molar refractivity (Wildman–Crippen MR) is 185 cm³/mol. The van der Waals surface area contributed by atoms with Crippen molar-refractivity contribution < 1.29 is 32.6 Å². The number of fused-ring (bicyclic) bond motifs is 1. The number of halogens is 1. The molecule has 0 aliphatic carbocycles. The quantitative estimate of drug-likeness (QED) is 0.124. The van der Waals surface area contributed by atoms with Gasteiger partial charge in [-0.05, 0) is 61.4 Å². The zero-order valence-corrected chi connectivity index (χ0v) is 29.8. The van der Waals surface area contributed by atoms with Gasteiger partial charge >= 0.3 is 11.9 Å². The summed E-state index contributed by atoms with van der Waals surface area (Å²) >= 11 is 9.28. The van der Waals surface area contributed by atoms with Crippen LogP contribution < -0.4 is 20.1 Å². The van der Waals surface area contributed by atoms with Gasteiger partial charge < -0.3 is 20.1 Å². The number of anilines is 1. The number of likely N-dealkylation sites (tertiary alicyclic amines) is 1. The van der Waals surface area contributed by atoms with Gasteiger partial charge in [0.15, 0.2) is 0 Å². The minimum atomic E-state index is -3.89. The molecule has 2 heterocycles. The third kappa shape index (κ3) is 10.00. The molecule has 0 aromatic heterocycles. The highest BCUT2D eigenvalue weighted by Crippen LogP contribution is 2.37. The largest absolute Gasteiger partial charge is 0.480 e. The van der Waals surface area contributed by atoms with E-state index in [2.05, 4.69) is 27.0 Å². The topological polar surface area (TPSA) is 166 Å². The van der Waals surface area contributed by atoms with Crippen LogP contribution in [0.15, 0.2) is 46.2 Å². The molecule has 1 fully saturated rings. The van der Waals surface area contributed by atoms with Crippen molar-refractivity contribution in [3.63, 3.8) is 0 Å². The molecule has 258 valence electrons. The van der Waals surface area contributed by atoms with E-state index in [4.69, 9.17) is 16.3 Å². The number of carboxylic acids is 1. The van der Waals surface area contributed by atoms with E-state index in [9.17, 15) is 27.9 Å². The lowest BCUT2D eigenvalue weighted by atomic mass is 10.1. The highest BCUT2D eigenvalue weighted by molar-refractivity contribution is 7.98. The maximum atomic E-state index is 13.2. The Balaban J connectivity index is 1.28. The van der Waals surface area contributed by atoms with Crippen LogP contribution in [0.25, 0.3) is 0 Å². The van der Waals surface area contributed by atoms with Gasteiger partial charge in [0.2, 0.25) is 15.9 Å². The van der Waals surface area contributed by atoms with Gasteiger partial charge in [0, 0.05) is 29.5 Å². The molecule has 2 aromatic rings. The highest BCUT2D eigenvalue weighted by Gasteiger charge is 2.37. The molecular weight excluding hydrogens is 686 g/mol. The monoisotopic (exact) mass is 727 g/mol. The molecule has 1 amide bonds. The first-order valence-electron chi connectivity index (χ1n) is 15.5. The zero-order valence-electron chi connectivity index (χ0n) is 26.6. The number of nitrogens with one attached hydrogen (secondary N) is 4. The number of esters is 1. The van der Waals surface area contributed by atoms with Gasteiger partial charge in [0.05, 0.1) is 30.0 Å². The number of ether oxygens (including phenoxy) is 1. The fourth-order valence-electron chi connectivity index (χ4n) is 5.37. The number of hydrogen-bond acceptors (Lipinski definition) is 11. The van der Waals surface area contributed by atoms with E-state index in [0.29, 0.717) is 30.9 Å². The Morgan fingerprint density at radius 1 is 1.21 bits per heavy atom. The summed E-state index contributed by atoms with van der Waals surface area (Å²) in [4.78, 5) is 39.0. The van der Waals surface area contributed by atoms with Crippen LogP contribution in [-0.2, 0) is 41.4 Å². The zero-order chi connectivity index (χ0) is 34.1. The SMILES string of the molecule is CCCC[C@@H]1NSc2cc(S(=O)(=O)NCc3ccc(CSC[C@@H](NC(C)C(=O)N4CCC[C@H]4C(=O)O)C(=O)OC)cc3)c(Cl)cc2N1. The first kappa shape index (κ1) is 37.3. The average molecular weight is 728 g/mol. The molecule has 4 atom stereocenters. The number of hydrogen-bond donors (Lipinski definition) is 5. The number of methoxy groups -OCH3 is 1. The molecule has 2 aliphatic heterocycles. The van der Waals surface area contributed by atoms with Gasteiger partial charge in [0.1, 0.15) is 17.0 Å². The number of amides is 1. The molecule has 2 aliphatic rings. The summed E-state index contributed by atoms with van der Waals surface area (Å²) in [5.74, 6) is -1.04. The Hall–Kier alpha value is -2.53. The fourth-order valence-corrected chi connectivity index (χ4v) is 8.88. The third-order valence-electron chi connectivity index (χ3n) is 7.98. The summed E-state index contributed by atoms with van der Waals surface area (Å²) in [7, 11) is -2.61. The molecule has 1 saturated heterocycles. The standard InChI is InChI=1S/C31H42ClN5O7S3/c1-4-5-8-28-35-23-14-22(32)27(15-26(23)46-36-28)47(42,43)33-16-20-9-11-21(12-10-20)17-45-18-24(31(41)44-3)34-19(2)29(38)37-13-6-7-25(37)30(39)40/h9-12,14-15,19,24-25,28,33-36H,4-8,13,16-18H2,1-3H3,(H,39,40)/t19?,24-,25+,28+/m1/s1. The van der Waals surface area contributed by atoms with Crippen molar-refractivity contribution in [1.82, 2.24) is 19.7 Å². The van der Waals surface area contributed by atoms with Crippen LogP contribution in [-0.4, -0.2) is 80.0 Å². The molecule has 0 saturated carbocycles. The van der Waals surface area contributed by atoms with E-state index in [1.54, 1.807) is 19.1 Å². The minimum Gasteiger partial charge on any atom is -0.480 e. The smallest absolute Gasteiger partial charge is 0.326 e. The number of nitrogens with zero attached hydrogens (tertiary/aromatic N) is 1. The van der Waals surface area contributed by atoms with Crippen molar-refractivity contribution in [2.75, 3.05) is 24.7 Å². The molecule has 0 spiro atoms. The fraction of sp³-hybridized carbons (Fsp3) is 0.516. The Kier molecular flexibility index (Phi) is 13.7. The molecular formula is C31H42ClN5O7S3. The van der Waals surface area contributed by atoms with Crippen LogP contribution in [0, 0.1) is 0 Å². The molecule has 12 nitrogen and oxygen atoms in total. The lowest BCUT2D eigenvalue weighted by Crippen LogP contribution is -2.53. The van der Waals surface area contributed by atoms with Gasteiger partial charge in [0.25, 0.3) is 0 Å². The lowest BCUT2D eigenvalue weighted by molar-refractivity contribution is -0.149. The van der Waals surface area contributed by atoms with Crippen molar-refractivity contribution >= 4 is 68.9 Å². The van der Waals surface area contributed by atoms with E-state index in [1.165, 1.54) is 35.7 Å². The summed E-state index contributed by atoms with van der Waals surface area (Å²) in [6.07, 6.45) is 4.22. The summed E-state index contributed by atoms with van der Waals surface area (Å²) < 4.78 is 37.2. The molecule has 16 heteroatoms. The molecule has 47 heavy (non-hydrogen) atoms. The number of benzene rings is 2. The molecule has 0 radical (unpaired) electrons. The summed E-state index contributed by atoms with van der Waals surface area (Å²) in [5.41, 5.74) is 2.53. The first-order valence-corrected chi connectivity index (χ1v) is 19.3. The molecule has 2 aromatic carbocycles. The Morgan fingerprint density at radius 2 is 1.94 bits per heavy atom. The van der Waals surface area contributed by atoms with Crippen LogP contribution in [0.2, 0.25) is 5.02 Å². The lowest BCUT2D eigenvalue weighted by Gasteiger charge is -2.28. The highest BCUT2D eigenvalue weighted by atomic mass is 35.5. The van der Waals surface area contributed by atoms with E-state index in [-0.39, 0.29) is 28.5 Å². The second-order valence-corrected chi connectivity index (χ2v) is 15.5. The van der Waals surface area contributed by atoms with Crippen LogP contribution in [0.5, 0.6) is 0 Å². The van der Waals surface area contributed by atoms with E-state index in [1.807, 2.05) is 24.3 Å². The Labute approximate surface area is 289 Å². The number of unbranched alkanes of at least 4 members (excludes halogenated alkanes) is 1. The van der Waals surface area contributed by atoms with Crippen LogP contribution in [0.1, 0.15) is 57.1 Å². The van der Waals surface area contributed by atoms with Gasteiger partial charge in [-0.25, -0.2) is 22.7 Å². The van der Waals surface area contributed by atoms with Crippen molar-refractivity contribution in [2.24, 2.45) is 0 Å². The first-order chi connectivity index (χ1) is 22.4. The summed E-state index contributed by atoms with van der Waals surface area (Å²) in [5, 5.41) is 16.0. The van der Waals surface area contributed by atoms with Crippen molar-refractivity contribution in [3.05, 3.63) is 52.5 Å². The Morgan fingerprint density at radius 3 is 2.62 bits per heavy atom.